The van der Waals surface area contributed by atoms with E-state index in [-0.39, 0.29) is 6.10 Å². The molecule has 1 atom stereocenters. The number of aliphatic hydroxyl groups is 1. The van der Waals surface area contributed by atoms with Crippen molar-refractivity contribution in [1.29, 1.82) is 0 Å². The highest BCUT2D eigenvalue weighted by molar-refractivity contribution is 7.09. The van der Waals surface area contributed by atoms with Crippen molar-refractivity contribution >= 4 is 11.3 Å². The fourth-order valence-electron chi connectivity index (χ4n) is 2.00. The minimum atomic E-state index is -0.331. The summed E-state index contributed by atoms with van der Waals surface area (Å²) in [6, 6.07) is 0. The summed E-state index contributed by atoms with van der Waals surface area (Å²) in [6.07, 6.45) is -0.331. The molecule has 6 heteroatoms. The van der Waals surface area contributed by atoms with E-state index in [2.05, 4.69) is 20.6 Å². The van der Waals surface area contributed by atoms with E-state index in [9.17, 15) is 5.11 Å². The van der Waals surface area contributed by atoms with Crippen LogP contribution in [0, 0.1) is 6.92 Å². The second kappa shape index (κ2) is 7.16. The van der Waals surface area contributed by atoms with Gasteiger partial charge in [-0.05, 0) is 6.92 Å². The highest BCUT2D eigenvalue weighted by atomic mass is 32.1. The number of rotatable bonds is 6. The number of β-amino-alcohol motifs (C(OH)–C–C–N with tert-alkyl or cyclic N) is 1. The Hall–Kier alpha value is -0.530. The SMILES string of the molecule is Cc1nc(CNCC(O)CN2CCOCC2)cs1. The monoisotopic (exact) mass is 271 g/mol. The maximum Gasteiger partial charge on any atom is 0.0897 e. The van der Waals surface area contributed by atoms with Gasteiger partial charge < -0.3 is 15.2 Å². The average molecular weight is 271 g/mol. The summed E-state index contributed by atoms with van der Waals surface area (Å²) < 4.78 is 5.28. The summed E-state index contributed by atoms with van der Waals surface area (Å²) in [4.78, 5) is 6.61. The first kappa shape index (κ1) is 13.9. The van der Waals surface area contributed by atoms with Gasteiger partial charge in [0.2, 0.25) is 0 Å². The highest BCUT2D eigenvalue weighted by Crippen LogP contribution is 2.07. The molecular weight excluding hydrogens is 250 g/mol. The van der Waals surface area contributed by atoms with E-state index in [1.807, 2.05) is 6.92 Å². The molecule has 0 radical (unpaired) electrons. The van der Waals surface area contributed by atoms with Gasteiger partial charge in [0.15, 0.2) is 0 Å². The van der Waals surface area contributed by atoms with Crippen LogP contribution in [0.5, 0.6) is 0 Å². The van der Waals surface area contributed by atoms with Crippen molar-refractivity contribution in [2.24, 2.45) is 0 Å². The Labute approximate surface area is 112 Å². The number of nitrogens with zero attached hydrogens (tertiary/aromatic N) is 2. The number of ether oxygens (including phenoxy) is 1. The lowest BCUT2D eigenvalue weighted by Crippen LogP contribution is -2.43. The van der Waals surface area contributed by atoms with Gasteiger partial charge >= 0.3 is 0 Å². The molecule has 1 aliphatic heterocycles. The number of hydrogen-bond donors (Lipinski definition) is 2. The molecule has 0 saturated carbocycles. The number of aliphatic hydroxyl groups excluding tert-OH is 1. The first-order chi connectivity index (χ1) is 8.74. The Bertz CT molecular complexity index is 353. The van der Waals surface area contributed by atoms with Crippen LogP contribution in [0.3, 0.4) is 0 Å². The molecule has 1 aromatic rings. The molecule has 2 heterocycles. The van der Waals surface area contributed by atoms with E-state index in [0.717, 1.165) is 43.5 Å². The predicted molar refractivity (Wildman–Crippen MR) is 71.8 cm³/mol. The van der Waals surface area contributed by atoms with Gasteiger partial charge in [-0.25, -0.2) is 4.98 Å². The Balaban J connectivity index is 1.60. The van der Waals surface area contributed by atoms with E-state index in [1.165, 1.54) is 0 Å². The zero-order valence-electron chi connectivity index (χ0n) is 10.8. The Morgan fingerprint density at radius 1 is 1.56 bits per heavy atom. The Morgan fingerprint density at radius 3 is 3.00 bits per heavy atom. The normalized spacial score (nSPS) is 19.0. The van der Waals surface area contributed by atoms with Crippen molar-refractivity contribution in [1.82, 2.24) is 15.2 Å². The highest BCUT2D eigenvalue weighted by Gasteiger charge is 2.14. The van der Waals surface area contributed by atoms with E-state index >= 15 is 0 Å². The summed E-state index contributed by atoms with van der Waals surface area (Å²) >= 11 is 1.66. The molecule has 0 spiro atoms. The topological polar surface area (TPSA) is 57.6 Å². The molecule has 0 aromatic carbocycles. The Kier molecular flexibility index (Phi) is 5.52. The van der Waals surface area contributed by atoms with Crippen LogP contribution in [0.4, 0.5) is 0 Å². The second-order valence-electron chi connectivity index (χ2n) is 4.56. The number of nitrogens with one attached hydrogen (secondary N) is 1. The number of aromatic nitrogens is 1. The molecule has 2 N–H and O–H groups in total. The van der Waals surface area contributed by atoms with E-state index < -0.39 is 0 Å². The van der Waals surface area contributed by atoms with Crippen molar-refractivity contribution in [3.8, 4) is 0 Å². The van der Waals surface area contributed by atoms with Crippen molar-refractivity contribution in [3.63, 3.8) is 0 Å². The molecule has 0 aliphatic carbocycles. The van der Waals surface area contributed by atoms with E-state index in [4.69, 9.17) is 4.74 Å². The number of aryl methyl sites for hydroxylation is 1. The quantitative estimate of drug-likeness (QED) is 0.776. The smallest absolute Gasteiger partial charge is 0.0897 e. The first-order valence-electron chi connectivity index (χ1n) is 6.34. The average Bonchev–Trinajstić information content (AvgIpc) is 2.76. The lowest BCUT2D eigenvalue weighted by molar-refractivity contribution is 0.0149. The third-order valence-electron chi connectivity index (χ3n) is 2.93. The third-order valence-corrected chi connectivity index (χ3v) is 3.75. The van der Waals surface area contributed by atoms with Crippen LogP contribution in [-0.2, 0) is 11.3 Å². The molecule has 0 bridgehead atoms. The minimum Gasteiger partial charge on any atom is -0.390 e. The van der Waals surface area contributed by atoms with Crippen LogP contribution in [0.25, 0.3) is 0 Å². The minimum absolute atomic E-state index is 0.331. The number of morpholine rings is 1. The number of hydrogen-bond acceptors (Lipinski definition) is 6. The zero-order valence-corrected chi connectivity index (χ0v) is 11.6. The van der Waals surface area contributed by atoms with Crippen molar-refractivity contribution in [3.05, 3.63) is 16.1 Å². The molecule has 2 rings (SSSR count). The van der Waals surface area contributed by atoms with Gasteiger partial charge in [0.05, 0.1) is 30.0 Å². The van der Waals surface area contributed by atoms with Crippen molar-refractivity contribution < 1.29 is 9.84 Å². The molecule has 1 fully saturated rings. The molecule has 1 saturated heterocycles. The molecule has 5 nitrogen and oxygen atoms in total. The van der Waals surface area contributed by atoms with Crippen LogP contribution in [0.15, 0.2) is 5.38 Å². The largest absolute Gasteiger partial charge is 0.390 e. The summed E-state index contributed by atoms with van der Waals surface area (Å²) in [5, 5.41) is 16.3. The van der Waals surface area contributed by atoms with Crippen LogP contribution in [0.1, 0.15) is 10.7 Å². The van der Waals surface area contributed by atoms with Crippen LogP contribution in [0.2, 0.25) is 0 Å². The van der Waals surface area contributed by atoms with Crippen LogP contribution < -0.4 is 5.32 Å². The van der Waals surface area contributed by atoms with E-state index in [0.29, 0.717) is 13.1 Å². The maximum atomic E-state index is 9.92. The molecule has 1 aromatic heterocycles. The molecule has 18 heavy (non-hydrogen) atoms. The molecule has 1 unspecified atom stereocenters. The lowest BCUT2D eigenvalue weighted by Gasteiger charge is -2.28. The zero-order chi connectivity index (χ0) is 12.8. The first-order valence-corrected chi connectivity index (χ1v) is 7.22. The van der Waals surface area contributed by atoms with Gasteiger partial charge in [-0.15, -0.1) is 11.3 Å². The van der Waals surface area contributed by atoms with Gasteiger partial charge in [0, 0.05) is 38.1 Å². The lowest BCUT2D eigenvalue weighted by atomic mass is 10.3. The van der Waals surface area contributed by atoms with Gasteiger partial charge in [0.1, 0.15) is 0 Å². The molecule has 0 amide bonds. The number of thiazole rings is 1. The summed E-state index contributed by atoms with van der Waals surface area (Å²) in [5.74, 6) is 0. The summed E-state index contributed by atoms with van der Waals surface area (Å²) in [6.45, 7) is 7.44. The maximum absolute atomic E-state index is 9.92. The third kappa shape index (κ3) is 4.62. The van der Waals surface area contributed by atoms with Crippen LogP contribution in [-0.4, -0.2) is 60.5 Å². The fourth-order valence-corrected chi connectivity index (χ4v) is 2.62. The van der Waals surface area contributed by atoms with Gasteiger partial charge in [-0.3, -0.25) is 4.90 Å². The summed E-state index contributed by atoms with van der Waals surface area (Å²) in [7, 11) is 0. The second-order valence-corrected chi connectivity index (χ2v) is 5.62. The van der Waals surface area contributed by atoms with Gasteiger partial charge in [0.25, 0.3) is 0 Å². The Morgan fingerprint density at radius 2 is 2.33 bits per heavy atom. The fraction of sp³-hybridized carbons (Fsp3) is 0.750. The van der Waals surface area contributed by atoms with Crippen LogP contribution >= 0.6 is 11.3 Å². The molecule has 1 aliphatic rings. The van der Waals surface area contributed by atoms with E-state index in [1.54, 1.807) is 11.3 Å². The van der Waals surface area contributed by atoms with Gasteiger partial charge in [-0.2, -0.15) is 0 Å². The van der Waals surface area contributed by atoms with Gasteiger partial charge in [-0.1, -0.05) is 0 Å². The summed E-state index contributed by atoms with van der Waals surface area (Å²) in [5.41, 5.74) is 1.05. The standard InChI is InChI=1S/C12H21N3O2S/c1-10-14-11(9-18-10)6-13-7-12(16)8-15-2-4-17-5-3-15/h9,12-13,16H,2-8H2,1H3. The molecular formula is C12H21N3O2S. The predicted octanol–water partition coefficient (Wildman–Crippen LogP) is 0.234. The van der Waals surface area contributed by atoms with Crippen molar-refractivity contribution in [2.45, 2.75) is 19.6 Å². The van der Waals surface area contributed by atoms with Crippen molar-refractivity contribution in [2.75, 3.05) is 39.4 Å². The molecule has 102 valence electrons.